The van der Waals surface area contributed by atoms with E-state index in [1.54, 1.807) is 6.34 Å². The number of carbonyl (C=O) groups is 1. The molecule has 0 aromatic carbocycles. The molecule has 5 heteroatoms. The zero-order valence-corrected chi connectivity index (χ0v) is 7.47. The van der Waals surface area contributed by atoms with Gasteiger partial charge in [0.25, 0.3) is 5.91 Å². The van der Waals surface area contributed by atoms with Crippen molar-refractivity contribution in [1.82, 2.24) is 15.6 Å². The highest BCUT2D eigenvalue weighted by atomic mass is 16.2. The first-order chi connectivity index (χ1) is 6.86. The molecular weight excluding hydrogens is 180 g/mol. The van der Waals surface area contributed by atoms with Crippen molar-refractivity contribution in [3.05, 3.63) is 23.9 Å². The maximum atomic E-state index is 11.6. The lowest BCUT2D eigenvalue weighted by Crippen LogP contribution is -2.59. The van der Waals surface area contributed by atoms with Crippen molar-refractivity contribution in [2.24, 2.45) is 5.10 Å². The third kappa shape index (κ3) is 0.891. The minimum atomic E-state index is -0.357. The fraction of sp³-hybridized carbons (Fsp3) is 0.333. The Labute approximate surface area is 81.1 Å². The lowest BCUT2D eigenvalue weighted by atomic mass is 10.0. The molecule has 14 heavy (non-hydrogen) atoms. The Kier molecular flexibility index (Phi) is 1.41. The number of hydrazone groups is 1. The molecule has 0 aromatic rings. The van der Waals surface area contributed by atoms with E-state index in [9.17, 15) is 4.79 Å². The van der Waals surface area contributed by atoms with Gasteiger partial charge in [-0.05, 0) is 12.5 Å². The molecule has 2 N–H and O–H groups in total. The number of carbonyl (C=O) groups excluding carboxylic acids is 1. The third-order valence-electron chi connectivity index (χ3n) is 2.65. The molecule has 3 aliphatic rings. The van der Waals surface area contributed by atoms with Gasteiger partial charge in [0.15, 0.2) is 6.17 Å². The quantitative estimate of drug-likeness (QED) is 0.541. The molecule has 2 atom stereocenters. The van der Waals surface area contributed by atoms with Crippen LogP contribution >= 0.6 is 0 Å². The molecular formula is C9H10N4O. The highest BCUT2D eigenvalue weighted by Crippen LogP contribution is 2.23. The molecule has 2 aliphatic heterocycles. The van der Waals surface area contributed by atoms with Crippen LogP contribution in [0.15, 0.2) is 29.0 Å². The number of amides is 1. The van der Waals surface area contributed by atoms with Crippen LogP contribution in [0.1, 0.15) is 6.42 Å². The van der Waals surface area contributed by atoms with Gasteiger partial charge in [0, 0.05) is 5.70 Å². The van der Waals surface area contributed by atoms with Crippen molar-refractivity contribution in [2.45, 2.75) is 18.6 Å². The Hall–Kier alpha value is -1.78. The van der Waals surface area contributed by atoms with E-state index in [0.717, 1.165) is 12.1 Å². The second-order valence-corrected chi connectivity index (χ2v) is 3.50. The molecule has 2 heterocycles. The smallest absolute Gasteiger partial charge is 0.265 e. The molecule has 0 radical (unpaired) electrons. The van der Waals surface area contributed by atoms with E-state index in [0.29, 0.717) is 0 Å². The number of hydrogen-bond donors (Lipinski definition) is 2. The van der Waals surface area contributed by atoms with Crippen molar-refractivity contribution < 1.29 is 4.79 Å². The van der Waals surface area contributed by atoms with Crippen LogP contribution in [0.3, 0.4) is 0 Å². The lowest BCUT2D eigenvalue weighted by Gasteiger charge is -2.37. The summed E-state index contributed by atoms with van der Waals surface area (Å²) in [5.41, 5.74) is 3.86. The zero-order valence-electron chi connectivity index (χ0n) is 7.47. The molecule has 0 aromatic heterocycles. The number of rotatable bonds is 0. The van der Waals surface area contributed by atoms with Gasteiger partial charge in [-0.15, -0.1) is 0 Å². The molecule has 5 nitrogen and oxygen atoms in total. The average molecular weight is 190 g/mol. The predicted molar refractivity (Wildman–Crippen MR) is 51.0 cm³/mol. The highest BCUT2D eigenvalue weighted by Gasteiger charge is 2.39. The van der Waals surface area contributed by atoms with E-state index < -0.39 is 0 Å². The molecule has 0 spiro atoms. The normalized spacial score (nSPS) is 33.0. The number of nitrogens with one attached hydrogen (secondary N) is 2. The number of piperazine rings is 1. The molecule has 1 aliphatic carbocycles. The summed E-state index contributed by atoms with van der Waals surface area (Å²) in [7, 11) is 0. The minimum Gasteiger partial charge on any atom is -0.344 e. The second kappa shape index (κ2) is 2.60. The average Bonchev–Trinajstić information content (AvgIpc) is 2.67. The van der Waals surface area contributed by atoms with Crippen LogP contribution in [-0.2, 0) is 4.79 Å². The van der Waals surface area contributed by atoms with Gasteiger partial charge >= 0.3 is 0 Å². The summed E-state index contributed by atoms with van der Waals surface area (Å²) in [4.78, 5) is 13.5. The van der Waals surface area contributed by atoms with Crippen molar-refractivity contribution in [2.75, 3.05) is 0 Å². The van der Waals surface area contributed by atoms with E-state index in [2.05, 4.69) is 21.9 Å². The van der Waals surface area contributed by atoms with Crippen LogP contribution in [0.5, 0.6) is 0 Å². The predicted octanol–water partition coefficient (Wildman–Crippen LogP) is -0.497. The summed E-state index contributed by atoms with van der Waals surface area (Å²) >= 11 is 0. The number of nitrogens with zero attached hydrogens (tertiary/aromatic N) is 2. The SMILES string of the molecule is O=C1NC2CC=CC=C2N2C=NNC12. The van der Waals surface area contributed by atoms with Crippen molar-refractivity contribution in [3.8, 4) is 0 Å². The van der Waals surface area contributed by atoms with Gasteiger partial charge in [0.1, 0.15) is 6.34 Å². The van der Waals surface area contributed by atoms with E-state index in [-0.39, 0.29) is 18.1 Å². The zero-order chi connectivity index (χ0) is 9.54. The van der Waals surface area contributed by atoms with Crippen LogP contribution in [0.25, 0.3) is 0 Å². The lowest BCUT2D eigenvalue weighted by molar-refractivity contribution is -0.127. The summed E-state index contributed by atoms with van der Waals surface area (Å²) in [6.45, 7) is 0. The molecule has 0 bridgehead atoms. The molecule has 1 saturated heterocycles. The van der Waals surface area contributed by atoms with Gasteiger partial charge in [-0.2, -0.15) is 5.10 Å². The Bertz CT molecular complexity index is 371. The van der Waals surface area contributed by atoms with Crippen LogP contribution in [-0.4, -0.2) is 29.4 Å². The summed E-state index contributed by atoms with van der Waals surface area (Å²) in [6, 6.07) is 0.107. The maximum Gasteiger partial charge on any atom is 0.265 e. The van der Waals surface area contributed by atoms with Crippen LogP contribution in [0.4, 0.5) is 0 Å². The summed E-state index contributed by atoms with van der Waals surface area (Å²) in [6.07, 6.45) is 8.24. The van der Waals surface area contributed by atoms with E-state index in [1.807, 2.05) is 17.1 Å². The van der Waals surface area contributed by atoms with Gasteiger partial charge in [-0.25, -0.2) is 0 Å². The number of hydrogen-bond acceptors (Lipinski definition) is 4. The summed E-state index contributed by atoms with van der Waals surface area (Å²) in [5, 5.41) is 6.84. The Balaban J connectivity index is 2.00. The first kappa shape index (κ1) is 7.61. The van der Waals surface area contributed by atoms with Crippen molar-refractivity contribution >= 4 is 12.2 Å². The summed E-state index contributed by atoms with van der Waals surface area (Å²) < 4.78 is 0. The monoisotopic (exact) mass is 190 g/mol. The van der Waals surface area contributed by atoms with Gasteiger partial charge in [-0.3, -0.25) is 10.2 Å². The first-order valence-corrected chi connectivity index (χ1v) is 4.60. The standard InChI is InChI=1S/C9H10N4O/c14-9-8-12-10-5-13(8)7-4-2-1-3-6(7)11-9/h1-2,4-6,8,12H,3H2,(H,11,14). The fourth-order valence-corrected chi connectivity index (χ4v) is 1.96. The Morgan fingerprint density at radius 1 is 1.57 bits per heavy atom. The highest BCUT2D eigenvalue weighted by molar-refractivity contribution is 5.88. The largest absolute Gasteiger partial charge is 0.344 e. The van der Waals surface area contributed by atoms with Crippen LogP contribution in [0, 0.1) is 0 Å². The molecule has 0 saturated carbocycles. The van der Waals surface area contributed by atoms with Crippen LogP contribution < -0.4 is 10.7 Å². The van der Waals surface area contributed by atoms with Gasteiger partial charge < -0.3 is 10.2 Å². The van der Waals surface area contributed by atoms with Crippen molar-refractivity contribution in [3.63, 3.8) is 0 Å². The minimum absolute atomic E-state index is 0.0139. The van der Waals surface area contributed by atoms with E-state index in [1.165, 1.54) is 0 Å². The fourth-order valence-electron chi connectivity index (χ4n) is 1.96. The molecule has 1 amide bonds. The molecule has 72 valence electrons. The van der Waals surface area contributed by atoms with E-state index in [4.69, 9.17) is 0 Å². The molecule has 3 rings (SSSR count). The Morgan fingerprint density at radius 2 is 2.50 bits per heavy atom. The second-order valence-electron chi connectivity index (χ2n) is 3.50. The van der Waals surface area contributed by atoms with Crippen molar-refractivity contribution in [1.29, 1.82) is 0 Å². The van der Waals surface area contributed by atoms with Gasteiger partial charge in [0.05, 0.1) is 6.04 Å². The van der Waals surface area contributed by atoms with Crippen LogP contribution in [0.2, 0.25) is 0 Å². The third-order valence-corrected chi connectivity index (χ3v) is 2.65. The summed E-state index contributed by atoms with van der Waals surface area (Å²) in [5.74, 6) is -0.0139. The molecule has 2 unspecified atom stereocenters. The molecule has 1 fully saturated rings. The first-order valence-electron chi connectivity index (χ1n) is 4.60. The topological polar surface area (TPSA) is 56.7 Å². The number of allylic oxidation sites excluding steroid dienone is 2. The number of fused-ring (bicyclic) bond motifs is 3. The van der Waals surface area contributed by atoms with Gasteiger partial charge in [-0.1, -0.05) is 12.2 Å². The Morgan fingerprint density at radius 3 is 3.43 bits per heavy atom. The van der Waals surface area contributed by atoms with E-state index >= 15 is 0 Å². The maximum absolute atomic E-state index is 11.6. The van der Waals surface area contributed by atoms with Gasteiger partial charge in [0.2, 0.25) is 0 Å².